The number of imidazole rings is 1. The van der Waals surface area contributed by atoms with E-state index in [4.69, 9.17) is 0 Å². The predicted molar refractivity (Wildman–Crippen MR) is 74.2 cm³/mol. The van der Waals surface area contributed by atoms with E-state index in [1.807, 2.05) is 6.07 Å². The van der Waals surface area contributed by atoms with Gasteiger partial charge in [0.25, 0.3) is 5.91 Å². The van der Waals surface area contributed by atoms with Crippen LogP contribution in [0.3, 0.4) is 0 Å². The number of amides is 2. The van der Waals surface area contributed by atoms with Gasteiger partial charge >= 0.3 is 0 Å². The van der Waals surface area contributed by atoms with E-state index in [-0.39, 0.29) is 17.9 Å². The van der Waals surface area contributed by atoms with E-state index >= 15 is 0 Å². The van der Waals surface area contributed by atoms with Crippen molar-refractivity contribution in [2.45, 2.75) is 18.9 Å². The van der Waals surface area contributed by atoms with Gasteiger partial charge in [0.2, 0.25) is 5.91 Å². The van der Waals surface area contributed by atoms with Crippen molar-refractivity contribution in [1.29, 1.82) is 0 Å². The lowest BCUT2D eigenvalue weighted by molar-refractivity contribution is -0.132. The summed E-state index contributed by atoms with van der Waals surface area (Å²) in [6.45, 7) is 0.566. The van der Waals surface area contributed by atoms with E-state index in [0.29, 0.717) is 24.9 Å². The number of rotatable bonds is 2. The van der Waals surface area contributed by atoms with E-state index in [2.05, 4.69) is 15.3 Å². The van der Waals surface area contributed by atoms with Crippen molar-refractivity contribution in [2.24, 2.45) is 0 Å². The molecule has 1 aromatic carbocycles. The summed E-state index contributed by atoms with van der Waals surface area (Å²) in [4.78, 5) is 32.4. The van der Waals surface area contributed by atoms with Gasteiger partial charge in [0.1, 0.15) is 0 Å². The second kappa shape index (κ2) is 4.96. The molecule has 0 radical (unpaired) electrons. The number of carbonyl (C=O) groups excluding carboxylic acids is 2. The minimum absolute atomic E-state index is 0.0164. The van der Waals surface area contributed by atoms with Crippen molar-refractivity contribution in [1.82, 2.24) is 20.2 Å². The highest BCUT2D eigenvalue weighted by molar-refractivity contribution is 5.97. The van der Waals surface area contributed by atoms with Gasteiger partial charge in [0.15, 0.2) is 0 Å². The maximum atomic E-state index is 12.2. The molecule has 20 heavy (non-hydrogen) atoms. The summed E-state index contributed by atoms with van der Waals surface area (Å²) >= 11 is 0. The highest BCUT2D eigenvalue weighted by atomic mass is 16.2. The standard InChI is InChI=1S/C14H16N4O2/c1-18-7-10(3-5-13(18)19)17-14(20)9-2-4-11-12(6-9)16-8-15-11/h2,4,6,8,10H,3,5,7H2,1H3,(H,15,16)(H,17,20). The molecule has 6 heteroatoms. The maximum Gasteiger partial charge on any atom is 0.251 e. The number of carbonyl (C=O) groups is 2. The number of piperidine rings is 1. The van der Waals surface area contributed by atoms with E-state index < -0.39 is 0 Å². The zero-order valence-electron chi connectivity index (χ0n) is 11.2. The largest absolute Gasteiger partial charge is 0.348 e. The van der Waals surface area contributed by atoms with Gasteiger partial charge in [-0.15, -0.1) is 0 Å². The number of nitrogens with one attached hydrogen (secondary N) is 2. The summed E-state index contributed by atoms with van der Waals surface area (Å²) in [7, 11) is 1.76. The van der Waals surface area contributed by atoms with Crippen molar-refractivity contribution in [3.63, 3.8) is 0 Å². The van der Waals surface area contributed by atoms with Gasteiger partial charge in [0, 0.05) is 31.6 Å². The third-order valence-corrected chi connectivity index (χ3v) is 3.64. The monoisotopic (exact) mass is 272 g/mol. The molecule has 6 nitrogen and oxygen atoms in total. The number of fused-ring (bicyclic) bond motifs is 1. The highest BCUT2D eigenvalue weighted by Crippen LogP contribution is 2.13. The molecule has 1 aliphatic rings. The fourth-order valence-electron chi connectivity index (χ4n) is 2.48. The Labute approximate surface area is 116 Å². The fourth-order valence-corrected chi connectivity index (χ4v) is 2.48. The Morgan fingerprint density at radius 2 is 2.35 bits per heavy atom. The quantitative estimate of drug-likeness (QED) is 0.853. The molecule has 104 valence electrons. The van der Waals surface area contributed by atoms with Crippen molar-refractivity contribution in [2.75, 3.05) is 13.6 Å². The molecule has 2 N–H and O–H groups in total. The molecule has 2 aromatic rings. The van der Waals surface area contributed by atoms with Crippen LogP contribution in [0.15, 0.2) is 24.5 Å². The molecule has 1 aromatic heterocycles. The molecular formula is C14H16N4O2. The first-order valence-electron chi connectivity index (χ1n) is 6.61. The third kappa shape index (κ3) is 2.36. The number of aromatic nitrogens is 2. The van der Waals surface area contributed by atoms with Gasteiger partial charge < -0.3 is 15.2 Å². The zero-order valence-corrected chi connectivity index (χ0v) is 11.2. The molecule has 3 rings (SSSR count). The van der Waals surface area contributed by atoms with E-state index in [1.54, 1.807) is 30.4 Å². The Bertz CT molecular complexity index is 664. The SMILES string of the molecule is CN1CC(NC(=O)c2ccc3nc[nH]c3c2)CCC1=O. The number of likely N-dealkylation sites (tertiary alicyclic amines) is 1. The van der Waals surface area contributed by atoms with Crippen LogP contribution in [0.5, 0.6) is 0 Å². The van der Waals surface area contributed by atoms with Crippen LogP contribution in [0.4, 0.5) is 0 Å². The third-order valence-electron chi connectivity index (χ3n) is 3.64. The van der Waals surface area contributed by atoms with Crippen LogP contribution in [-0.4, -0.2) is 46.3 Å². The number of nitrogens with zero attached hydrogens (tertiary/aromatic N) is 2. The highest BCUT2D eigenvalue weighted by Gasteiger charge is 2.24. The minimum Gasteiger partial charge on any atom is -0.348 e. The lowest BCUT2D eigenvalue weighted by atomic mass is 10.0. The molecule has 0 saturated carbocycles. The van der Waals surface area contributed by atoms with E-state index in [0.717, 1.165) is 11.0 Å². The first-order chi connectivity index (χ1) is 9.63. The Hall–Kier alpha value is -2.37. The van der Waals surface area contributed by atoms with Crippen LogP contribution in [-0.2, 0) is 4.79 Å². The fraction of sp³-hybridized carbons (Fsp3) is 0.357. The van der Waals surface area contributed by atoms with Gasteiger partial charge in [-0.05, 0) is 24.6 Å². The van der Waals surface area contributed by atoms with E-state index in [9.17, 15) is 9.59 Å². The molecule has 1 atom stereocenters. The molecule has 2 heterocycles. The number of likely N-dealkylation sites (N-methyl/N-ethyl adjacent to an activating group) is 1. The summed E-state index contributed by atoms with van der Waals surface area (Å²) in [6, 6.07) is 5.38. The van der Waals surface area contributed by atoms with Crippen LogP contribution >= 0.6 is 0 Å². The second-order valence-corrected chi connectivity index (χ2v) is 5.12. The number of hydrogen-bond acceptors (Lipinski definition) is 3. The Balaban J connectivity index is 1.71. The minimum atomic E-state index is -0.116. The molecule has 0 spiro atoms. The number of aromatic amines is 1. The van der Waals surface area contributed by atoms with Crippen molar-refractivity contribution in [3.05, 3.63) is 30.1 Å². The van der Waals surface area contributed by atoms with Crippen LogP contribution in [0, 0.1) is 0 Å². The van der Waals surface area contributed by atoms with Gasteiger partial charge in [0.05, 0.1) is 17.4 Å². The molecule has 1 fully saturated rings. The molecular weight excluding hydrogens is 256 g/mol. The van der Waals surface area contributed by atoms with Crippen LogP contribution in [0.1, 0.15) is 23.2 Å². The first-order valence-corrected chi connectivity index (χ1v) is 6.61. The molecule has 1 saturated heterocycles. The average Bonchev–Trinajstić information content (AvgIpc) is 2.90. The normalized spacial score (nSPS) is 19.4. The smallest absolute Gasteiger partial charge is 0.251 e. The van der Waals surface area contributed by atoms with Crippen LogP contribution < -0.4 is 5.32 Å². The predicted octanol–water partition coefficient (Wildman–Crippen LogP) is 0.913. The molecule has 2 amide bonds. The van der Waals surface area contributed by atoms with Crippen molar-refractivity contribution < 1.29 is 9.59 Å². The lowest BCUT2D eigenvalue weighted by Gasteiger charge is -2.30. The van der Waals surface area contributed by atoms with Gasteiger partial charge in [-0.2, -0.15) is 0 Å². The zero-order chi connectivity index (χ0) is 14.1. The first kappa shape index (κ1) is 12.7. The topological polar surface area (TPSA) is 78.1 Å². The molecule has 1 aliphatic heterocycles. The lowest BCUT2D eigenvalue weighted by Crippen LogP contribution is -2.48. The summed E-state index contributed by atoms with van der Waals surface area (Å²) in [5.74, 6) is 0.0172. The van der Waals surface area contributed by atoms with E-state index in [1.165, 1.54) is 0 Å². The number of hydrogen-bond donors (Lipinski definition) is 2. The Morgan fingerprint density at radius 1 is 1.50 bits per heavy atom. The van der Waals surface area contributed by atoms with Crippen molar-refractivity contribution in [3.8, 4) is 0 Å². The second-order valence-electron chi connectivity index (χ2n) is 5.12. The summed E-state index contributed by atoms with van der Waals surface area (Å²) in [5, 5.41) is 2.98. The summed E-state index contributed by atoms with van der Waals surface area (Å²) in [5.41, 5.74) is 2.28. The Morgan fingerprint density at radius 3 is 3.15 bits per heavy atom. The van der Waals surface area contributed by atoms with Crippen molar-refractivity contribution >= 4 is 22.8 Å². The average molecular weight is 272 g/mol. The maximum absolute atomic E-state index is 12.2. The number of benzene rings is 1. The van der Waals surface area contributed by atoms with Crippen LogP contribution in [0.25, 0.3) is 11.0 Å². The summed E-state index contributed by atoms with van der Waals surface area (Å²) in [6.07, 6.45) is 2.79. The Kier molecular flexibility index (Phi) is 3.14. The van der Waals surface area contributed by atoms with Crippen LogP contribution in [0.2, 0.25) is 0 Å². The molecule has 0 aliphatic carbocycles. The van der Waals surface area contributed by atoms with Gasteiger partial charge in [-0.3, -0.25) is 9.59 Å². The van der Waals surface area contributed by atoms with Gasteiger partial charge in [-0.25, -0.2) is 4.98 Å². The molecule has 0 bridgehead atoms. The summed E-state index contributed by atoms with van der Waals surface area (Å²) < 4.78 is 0. The van der Waals surface area contributed by atoms with Gasteiger partial charge in [-0.1, -0.05) is 0 Å². The number of H-pyrrole nitrogens is 1. The molecule has 1 unspecified atom stereocenters.